The van der Waals surface area contributed by atoms with Crippen LogP contribution in [0.1, 0.15) is 64.4 Å². The molecule has 240 valence electrons. The molecule has 0 fully saturated rings. The second kappa shape index (κ2) is 13.9. The molecule has 0 aliphatic carbocycles. The van der Waals surface area contributed by atoms with Gasteiger partial charge in [0, 0.05) is 57.2 Å². The summed E-state index contributed by atoms with van der Waals surface area (Å²) in [6.45, 7) is 11.4. The van der Waals surface area contributed by atoms with Gasteiger partial charge in [-0.15, -0.1) is 11.8 Å². The lowest BCUT2D eigenvalue weighted by Gasteiger charge is -2.29. The minimum absolute atomic E-state index is 0.116. The summed E-state index contributed by atoms with van der Waals surface area (Å²) in [6, 6.07) is 14.3. The predicted octanol–water partition coefficient (Wildman–Crippen LogP) is 7.85. The van der Waals surface area contributed by atoms with E-state index in [9.17, 15) is 9.90 Å². The highest BCUT2D eigenvalue weighted by Crippen LogP contribution is 2.45. The molecule has 0 saturated heterocycles. The van der Waals surface area contributed by atoms with E-state index in [-0.39, 0.29) is 4.75 Å². The molecule has 0 aliphatic rings. The molecule has 0 atom stereocenters. The van der Waals surface area contributed by atoms with Gasteiger partial charge < -0.3 is 19.1 Å². The molecule has 9 nitrogen and oxygen atoms in total. The van der Waals surface area contributed by atoms with Gasteiger partial charge in [-0.1, -0.05) is 58.9 Å². The Kier molecular flexibility index (Phi) is 9.96. The molecule has 1 N–H and O–H groups in total. The van der Waals surface area contributed by atoms with E-state index in [2.05, 4.69) is 69.5 Å². The Morgan fingerprint density at radius 1 is 0.935 bits per heavy atom. The topological polar surface area (TPSA) is 112 Å². The number of nitrogens with zero attached hydrogens (tertiary/aromatic N) is 5. The Hall–Kier alpha value is -4.44. The Labute approximate surface area is 274 Å². The molecule has 0 bridgehead atoms. The monoisotopic (exact) mass is 639 g/mol. The van der Waals surface area contributed by atoms with Crippen molar-refractivity contribution in [3.05, 3.63) is 90.4 Å². The SMILES string of the molecule is CCC(CC)(Cc1c(SC(C)(C)C)c2cc(OCc3cnccn3)ccc2n1Cc1ccc(-c2ncc(OC)cn2)cc1)C(=O)O. The first-order valence-corrected chi connectivity index (χ1v) is 16.3. The van der Waals surface area contributed by atoms with Gasteiger partial charge in [-0.2, -0.15) is 0 Å². The summed E-state index contributed by atoms with van der Waals surface area (Å²) in [5.74, 6) is 1.18. The largest absolute Gasteiger partial charge is 0.494 e. The zero-order valence-electron chi connectivity index (χ0n) is 27.3. The van der Waals surface area contributed by atoms with Crippen molar-refractivity contribution in [3.8, 4) is 22.9 Å². The lowest BCUT2D eigenvalue weighted by Crippen LogP contribution is -2.33. The van der Waals surface area contributed by atoms with Gasteiger partial charge in [0.15, 0.2) is 11.6 Å². The van der Waals surface area contributed by atoms with Gasteiger partial charge in [-0.05, 0) is 36.6 Å². The van der Waals surface area contributed by atoms with Crippen molar-refractivity contribution in [2.24, 2.45) is 5.41 Å². The van der Waals surface area contributed by atoms with Crippen molar-refractivity contribution in [2.45, 2.75) is 76.7 Å². The molecule has 2 aromatic carbocycles. The fourth-order valence-electron chi connectivity index (χ4n) is 5.49. The molecule has 0 radical (unpaired) electrons. The van der Waals surface area contributed by atoms with Gasteiger partial charge in [0.05, 0.1) is 36.8 Å². The fourth-order valence-corrected chi connectivity index (χ4v) is 6.68. The van der Waals surface area contributed by atoms with E-state index in [4.69, 9.17) is 9.47 Å². The summed E-state index contributed by atoms with van der Waals surface area (Å²) in [5, 5.41) is 11.5. The van der Waals surface area contributed by atoms with Crippen LogP contribution < -0.4 is 9.47 Å². The lowest BCUT2D eigenvalue weighted by atomic mass is 9.78. The molecule has 0 unspecified atom stereocenters. The first-order chi connectivity index (χ1) is 22.1. The number of carboxylic acid groups (broad SMARTS) is 1. The second-order valence-electron chi connectivity index (χ2n) is 12.4. The normalized spacial score (nSPS) is 12.0. The van der Waals surface area contributed by atoms with Gasteiger partial charge in [-0.25, -0.2) is 9.97 Å². The van der Waals surface area contributed by atoms with Crippen LogP contribution in [-0.4, -0.2) is 47.4 Å². The Bertz CT molecular complexity index is 1780. The quantitative estimate of drug-likeness (QED) is 0.129. The molecule has 3 aromatic heterocycles. The molecule has 10 heteroatoms. The van der Waals surface area contributed by atoms with Crippen molar-refractivity contribution in [3.63, 3.8) is 0 Å². The van der Waals surface area contributed by atoms with Crippen LogP contribution >= 0.6 is 11.8 Å². The van der Waals surface area contributed by atoms with Crippen LogP contribution in [0.25, 0.3) is 22.3 Å². The van der Waals surface area contributed by atoms with E-state index in [1.165, 1.54) is 0 Å². The number of hydrogen-bond acceptors (Lipinski definition) is 8. The lowest BCUT2D eigenvalue weighted by molar-refractivity contribution is -0.149. The third kappa shape index (κ3) is 7.33. The highest BCUT2D eigenvalue weighted by atomic mass is 32.2. The third-order valence-corrected chi connectivity index (χ3v) is 9.50. The van der Waals surface area contributed by atoms with Gasteiger partial charge in [0.1, 0.15) is 12.4 Å². The summed E-state index contributed by atoms with van der Waals surface area (Å²) in [7, 11) is 1.59. The maximum absolute atomic E-state index is 12.8. The molecule has 0 spiro atoms. The summed E-state index contributed by atoms with van der Waals surface area (Å²) >= 11 is 1.77. The number of aliphatic carboxylic acids is 1. The minimum Gasteiger partial charge on any atom is -0.494 e. The molecule has 3 heterocycles. The first-order valence-electron chi connectivity index (χ1n) is 15.5. The molecule has 5 rings (SSSR count). The molecular weight excluding hydrogens is 598 g/mol. The van der Waals surface area contributed by atoms with E-state index in [1.54, 1.807) is 49.9 Å². The summed E-state index contributed by atoms with van der Waals surface area (Å²) in [6.07, 6.45) is 9.77. The number of carboxylic acids is 1. The number of methoxy groups -OCH3 is 1. The Balaban J connectivity index is 1.60. The van der Waals surface area contributed by atoms with E-state index >= 15 is 0 Å². The van der Waals surface area contributed by atoms with Crippen LogP contribution in [0.4, 0.5) is 0 Å². The Morgan fingerprint density at radius 2 is 1.65 bits per heavy atom. The van der Waals surface area contributed by atoms with Crippen LogP contribution in [0.15, 0.2) is 78.3 Å². The standard InChI is InChI=1S/C36H41N5O4S/c1-7-36(8-2,34(42)43)18-31-32(46-35(3,4)5)29-17-27(45-23-26-19-37-15-16-38-26)13-14-30(29)41(31)22-24-9-11-25(12-10-24)33-39-20-28(44-6)21-40-33/h9-17,19-21H,7-8,18,22-23H2,1-6H3,(H,42,43). The van der Waals surface area contributed by atoms with Gasteiger partial charge in [0.25, 0.3) is 0 Å². The van der Waals surface area contributed by atoms with Gasteiger partial charge in [0.2, 0.25) is 0 Å². The van der Waals surface area contributed by atoms with E-state index in [1.807, 2.05) is 32.0 Å². The predicted molar refractivity (Wildman–Crippen MR) is 181 cm³/mol. The number of benzene rings is 2. The van der Waals surface area contributed by atoms with Crippen molar-refractivity contribution < 1.29 is 19.4 Å². The molecule has 0 aliphatic heterocycles. The summed E-state index contributed by atoms with van der Waals surface area (Å²) < 4.78 is 13.5. The number of fused-ring (bicyclic) bond motifs is 1. The van der Waals surface area contributed by atoms with Crippen LogP contribution in [0.5, 0.6) is 11.5 Å². The smallest absolute Gasteiger partial charge is 0.310 e. The van der Waals surface area contributed by atoms with E-state index in [0.717, 1.165) is 44.1 Å². The Morgan fingerprint density at radius 3 is 2.24 bits per heavy atom. The highest BCUT2D eigenvalue weighted by molar-refractivity contribution is 8.00. The number of thioether (sulfide) groups is 1. The number of rotatable bonds is 13. The van der Waals surface area contributed by atoms with Crippen LogP contribution in [-0.2, 0) is 24.4 Å². The minimum atomic E-state index is -0.889. The van der Waals surface area contributed by atoms with Crippen LogP contribution in [0.3, 0.4) is 0 Å². The van der Waals surface area contributed by atoms with E-state index in [0.29, 0.717) is 44.0 Å². The van der Waals surface area contributed by atoms with Gasteiger partial charge in [-0.3, -0.25) is 14.8 Å². The van der Waals surface area contributed by atoms with Crippen LogP contribution in [0, 0.1) is 5.41 Å². The van der Waals surface area contributed by atoms with Crippen molar-refractivity contribution in [1.82, 2.24) is 24.5 Å². The number of aromatic nitrogens is 5. The number of carbonyl (C=O) groups is 1. The zero-order valence-corrected chi connectivity index (χ0v) is 28.1. The summed E-state index contributed by atoms with van der Waals surface area (Å²) in [4.78, 5) is 31.2. The third-order valence-electron chi connectivity index (χ3n) is 8.23. The van der Waals surface area contributed by atoms with Crippen molar-refractivity contribution in [2.75, 3.05) is 7.11 Å². The molecule has 0 saturated carbocycles. The zero-order chi connectivity index (χ0) is 32.9. The van der Waals surface area contributed by atoms with Crippen molar-refractivity contribution >= 4 is 28.6 Å². The number of ether oxygens (including phenoxy) is 2. The average Bonchev–Trinajstić information content (AvgIpc) is 3.32. The average molecular weight is 640 g/mol. The van der Waals surface area contributed by atoms with Crippen molar-refractivity contribution in [1.29, 1.82) is 0 Å². The van der Waals surface area contributed by atoms with Gasteiger partial charge >= 0.3 is 5.97 Å². The summed E-state index contributed by atoms with van der Waals surface area (Å²) in [5.41, 5.74) is 3.89. The number of hydrogen-bond donors (Lipinski definition) is 1. The van der Waals surface area contributed by atoms with Crippen LogP contribution in [0.2, 0.25) is 0 Å². The fraction of sp³-hybridized carbons (Fsp3) is 0.361. The maximum Gasteiger partial charge on any atom is 0.310 e. The molecule has 0 amide bonds. The maximum atomic E-state index is 12.8. The highest BCUT2D eigenvalue weighted by Gasteiger charge is 2.38. The molecule has 46 heavy (non-hydrogen) atoms. The molecular formula is C36H41N5O4S. The first kappa shape index (κ1) is 32.9. The van der Waals surface area contributed by atoms with E-state index < -0.39 is 11.4 Å². The second-order valence-corrected chi connectivity index (χ2v) is 14.2. The molecule has 5 aromatic rings.